The average Bonchev–Trinajstić information content (AvgIpc) is 2.47. The third-order valence-electron chi connectivity index (χ3n) is 3.70. The Morgan fingerprint density at radius 1 is 1.32 bits per heavy atom. The van der Waals surface area contributed by atoms with Crippen molar-refractivity contribution in [3.63, 3.8) is 0 Å². The van der Waals surface area contributed by atoms with E-state index < -0.39 is 9.84 Å². The second kappa shape index (κ2) is 6.27. The normalized spacial score (nSPS) is 20.5. The Kier molecular flexibility index (Phi) is 4.90. The van der Waals surface area contributed by atoms with E-state index in [1.807, 2.05) is 12.1 Å². The van der Waals surface area contributed by atoms with Gasteiger partial charge in [0.25, 0.3) is 0 Å². The maximum absolute atomic E-state index is 12.2. The third kappa shape index (κ3) is 3.14. The molecule has 106 valence electrons. The number of sulfone groups is 1. The molecule has 19 heavy (non-hydrogen) atoms. The first-order valence-corrected chi connectivity index (χ1v) is 9.52. The Bertz CT molecular complexity index is 530. The van der Waals surface area contributed by atoms with E-state index in [4.69, 9.17) is 0 Å². The summed E-state index contributed by atoms with van der Waals surface area (Å²) in [5.41, 5.74) is 0.869. The SMILES string of the molecule is CCS(=O)(=O)c1ccccc1N1CCCCC1CBr. The van der Waals surface area contributed by atoms with Crippen LogP contribution in [0.3, 0.4) is 0 Å². The number of alkyl halides is 1. The van der Waals surface area contributed by atoms with Crippen molar-refractivity contribution < 1.29 is 8.42 Å². The average molecular weight is 346 g/mol. The fraction of sp³-hybridized carbons (Fsp3) is 0.571. The number of hydrogen-bond donors (Lipinski definition) is 0. The highest BCUT2D eigenvalue weighted by Crippen LogP contribution is 2.31. The maximum Gasteiger partial charge on any atom is 0.180 e. The van der Waals surface area contributed by atoms with Crippen molar-refractivity contribution in [2.24, 2.45) is 0 Å². The van der Waals surface area contributed by atoms with Gasteiger partial charge in [0.1, 0.15) is 0 Å². The number of nitrogens with zero attached hydrogens (tertiary/aromatic N) is 1. The number of anilines is 1. The second-order valence-corrected chi connectivity index (χ2v) is 7.76. The minimum Gasteiger partial charge on any atom is -0.367 e. The number of piperidine rings is 1. The lowest BCUT2D eigenvalue weighted by Gasteiger charge is -2.37. The minimum atomic E-state index is -3.17. The molecule has 0 radical (unpaired) electrons. The molecule has 5 heteroatoms. The van der Waals surface area contributed by atoms with Gasteiger partial charge in [-0.05, 0) is 31.4 Å². The standard InChI is InChI=1S/C14H20BrNO2S/c1-2-19(17,18)14-9-4-3-8-13(14)16-10-6-5-7-12(16)11-15/h3-4,8-9,12H,2,5-7,10-11H2,1H3. The lowest BCUT2D eigenvalue weighted by Crippen LogP contribution is -2.41. The molecule has 1 fully saturated rings. The summed E-state index contributed by atoms with van der Waals surface area (Å²) in [5.74, 6) is 0.150. The molecule has 0 aliphatic carbocycles. The molecule has 0 aromatic heterocycles. The molecule has 0 N–H and O–H groups in total. The fourth-order valence-corrected chi connectivity index (χ4v) is 4.37. The van der Waals surface area contributed by atoms with Gasteiger partial charge in [0.2, 0.25) is 0 Å². The van der Waals surface area contributed by atoms with Gasteiger partial charge < -0.3 is 4.90 Å². The quantitative estimate of drug-likeness (QED) is 0.786. The van der Waals surface area contributed by atoms with Gasteiger partial charge in [0.05, 0.1) is 16.3 Å². The van der Waals surface area contributed by atoms with E-state index in [2.05, 4.69) is 20.8 Å². The molecule has 3 nitrogen and oxygen atoms in total. The Labute approximate surface area is 124 Å². The van der Waals surface area contributed by atoms with E-state index in [9.17, 15) is 8.42 Å². The van der Waals surface area contributed by atoms with Crippen LogP contribution in [-0.2, 0) is 9.84 Å². The van der Waals surface area contributed by atoms with Crippen LogP contribution in [0.4, 0.5) is 5.69 Å². The Balaban J connectivity index is 2.44. The largest absolute Gasteiger partial charge is 0.367 e. The molecule has 2 rings (SSSR count). The first-order chi connectivity index (χ1) is 9.10. The molecule has 1 aromatic rings. The highest BCUT2D eigenvalue weighted by molar-refractivity contribution is 9.09. The Morgan fingerprint density at radius 3 is 2.74 bits per heavy atom. The molecule has 1 atom stereocenters. The van der Waals surface area contributed by atoms with Crippen molar-refractivity contribution >= 4 is 31.5 Å². The molecule has 0 amide bonds. The van der Waals surface area contributed by atoms with Crippen LogP contribution in [0.1, 0.15) is 26.2 Å². The number of rotatable bonds is 4. The van der Waals surface area contributed by atoms with Gasteiger partial charge in [-0.1, -0.05) is 35.0 Å². The van der Waals surface area contributed by atoms with Crippen molar-refractivity contribution in [1.29, 1.82) is 0 Å². The van der Waals surface area contributed by atoms with Crippen molar-refractivity contribution in [2.75, 3.05) is 22.5 Å². The van der Waals surface area contributed by atoms with Crippen molar-refractivity contribution in [3.8, 4) is 0 Å². The predicted octanol–water partition coefficient (Wildman–Crippen LogP) is 3.23. The molecule has 1 saturated heterocycles. The molecule has 1 aliphatic heterocycles. The van der Waals surface area contributed by atoms with Crippen LogP contribution in [-0.4, -0.2) is 32.1 Å². The number of benzene rings is 1. The number of halogens is 1. The summed E-state index contributed by atoms with van der Waals surface area (Å²) in [6.45, 7) is 2.64. The third-order valence-corrected chi connectivity index (χ3v) is 6.22. The zero-order valence-electron chi connectivity index (χ0n) is 11.2. The predicted molar refractivity (Wildman–Crippen MR) is 82.9 cm³/mol. The van der Waals surface area contributed by atoms with Crippen molar-refractivity contribution in [1.82, 2.24) is 0 Å². The molecule has 0 saturated carbocycles. The van der Waals surface area contributed by atoms with Crippen LogP contribution in [0.5, 0.6) is 0 Å². The summed E-state index contributed by atoms with van der Waals surface area (Å²) in [7, 11) is -3.17. The van der Waals surface area contributed by atoms with E-state index in [-0.39, 0.29) is 5.75 Å². The van der Waals surface area contributed by atoms with E-state index >= 15 is 0 Å². The minimum absolute atomic E-state index is 0.150. The zero-order valence-corrected chi connectivity index (χ0v) is 13.6. The first-order valence-electron chi connectivity index (χ1n) is 6.74. The summed E-state index contributed by atoms with van der Waals surface area (Å²) < 4.78 is 24.4. The molecule has 1 heterocycles. The fourth-order valence-electron chi connectivity index (χ4n) is 2.59. The summed E-state index contributed by atoms with van der Waals surface area (Å²) in [6.07, 6.45) is 3.46. The number of para-hydroxylation sites is 1. The summed E-state index contributed by atoms with van der Waals surface area (Å²) in [4.78, 5) is 2.73. The lowest BCUT2D eigenvalue weighted by molar-refractivity contribution is 0.488. The summed E-state index contributed by atoms with van der Waals surface area (Å²) in [5, 5.41) is 0.882. The second-order valence-electron chi connectivity index (χ2n) is 4.87. The number of hydrogen-bond acceptors (Lipinski definition) is 3. The van der Waals surface area contributed by atoms with Crippen LogP contribution in [0.25, 0.3) is 0 Å². The smallest absolute Gasteiger partial charge is 0.180 e. The summed E-state index contributed by atoms with van der Waals surface area (Å²) in [6, 6.07) is 7.78. The van der Waals surface area contributed by atoms with Crippen LogP contribution < -0.4 is 4.90 Å². The van der Waals surface area contributed by atoms with Gasteiger partial charge in [0, 0.05) is 17.9 Å². The van der Waals surface area contributed by atoms with Gasteiger partial charge in [-0.15, -0.1) is 0 Å². The van der Waals surface area contributed by atoms with Crippen molar-refractivity contribution in [3.05, 3.63) is 24.3 Å². The van der Waals surface area contributed by atoms with Crippen molar-refractivity contribution in [2.45, 2.75) is 37.1 Å². The van der Waals surface area contributed by atoms with Gasteiger partial charge in [-0.2, -0.15) is 0 Å². The topological polar surface area (TPSA) is 37.4 Å². The highest BCUT2D eigenvalue weighted by atomic mass is 79.9. The first kappa shape index (κ1) is 14.9. The van der Waals surface area contributed by atoms with E-state index in [0.29, 0.717) is 10.9 Å². The Morgan fingerprint density at radius 2 is 2.05 bits per heavy atom. The van der Waals surface area contributed by atoms with E-state index in [1.165, 1.54) is 6.42 Å². The molecule has 0 bridgehead atoms. The van der Waals surface area contributed by atoms with Crippen LogP contribution in [0.15, 0.2) is 29.2 Å². The van der Waals surface area contributed by atoms with E-state index in [0.717, 1.165) is 30.4 Å². The molecule has 0 spiro atoms. The molecule has 1 aliphatic rings. The molecular weight excluding hydrogens is 326 g/mol. The van der Waals surface area contributed by atoms with Gasteiger partial charge in [0.15, 0.2) is 9.84 Å². The molecule has 1 unspecified atom stereocenters. The summed E-state index contributed by atoms with van der Waals surface area (Å²) >= 11 is 3.55. The lowest BCUT2D eigenvalue weighted by atomic mass is 10.0. The van der Waals surface area contributed by atoms with Crippen LogP contribution in [0.2, 0.25) is 0 Å². The van der Waals surface area contributed by atoms with Gasteiger partial charge >= 0.3 is 0 Å². The zero-order chi connectivity index (χ0) is 13.9. The maximum atomic E-state index is 12.2. The molecule has 1 aromatic carbocycles. The van der Waals surface area contributed by atoms with Gasteiger partial charge in [-0.25, -0.2) is 8.42 Å². The van der Waals surface area contributed by atoms with Crippen LogP contribution in [0, 0.1) is 0 Å². The molecular formula is C14H20BrNO2S. The Hall–Kier alpha value is -0.550. The highest BCUT2D eigenvalue weighted by Gasteiger charge is 2.26. The van der Waals surface area contributed by atoms with Gasteiger partial charge in [-0.3, -0.25) is 0 Å². The monoisotopic (exact) mass is 345 g/mol. The van der Waals surface area contributed by atoms with Crippen LogP contribution >= 0.6 is 15.9 Å². The van der Waals surface area contributed by atoms with E-state index in [1.54, 1.807) is 19.1 Å².